The number of ether oxygens (including phenoxy) is 1. The smallest absolute Gasteiger partial charge is 0.409 e. The van der Waals surface area contributed by atoms with E-state index >= 15 is 0 Å². The number of nitrogens with zero attached hydrogens (tertiary/aromatic N) is 2. The molecule has 29 heavy (non-hydrogen) atoms. The minimum Gasteiger partial charge on any atom is -0.409 e. The van der Waals surface area contributed by atoms with Gasteiger partial charge in [-0.05, 0) is 65.0 Å². The van der Waals surface area contributed by atoms with E-state index in [2.05, 4.69) is 98.7 Å². The molecule has 0 aliphatic heterocycles. The molecule has 0 aliphatic rings. The summed E-state index contributed by atoms with van der Waals surface area (Å²) in [5, 5.41) is 2.73. The molecular formula is C22H37IN2O2Si2. The zero-order valence-electron chi connectivity index (χ0n) is 19.7. The van der Waals surface area contributed by atoms with Crippen LogP contribution in [0.15, 0.2) is 18.3 Å². The second kappa shape index (κ2) is 8.38. The Balaban J connectivity index is 2.77. The normalized spacial score (nSPS) is 13.1. The number of carbonyl (C=O) groups excluding carboxylic acids is 1. The van der Waals surface area contributed by atoms with E-state index in [1.54, 1.807) is 4.90 Å². The Morgan fingerprint density at radius 2 is 1.69 bits per heavy atom. The van der Waals surface area contributed by atoms with Gasteiger partial charge >= 0.3 is 6.09 Å². The van der Waals surface area contributed by atoms with Gasteiger partial charge in [-0.15, -0.1) is 0 Å². The average molecular weight is 545 g/mol. The van der Waals surface area contributed by atoms with Crippen molar-refractivity contribution in [1.29, 1.82) is 0 Å². The first-order chi connectivity index (χ1) is 13.2. The average Bonchev–Trinajstić information content (AvgIpc) is 2.97. The largest absolute Gasteiger partial charge is 0.415 e. The van der Waals surface area contributed by atoms with Crippen molar-refractivity contribution in [2.45, 2.75) is 72.4 Å². The third kappa shape index (κ3) is 4.61. The van der Waals surface area contributed by atoms with Crippen LogP contribution in [0, 0.1) is 3.57 Å². The summed E-state index contributed by atoms with van der Waals surface area (Å²) in [6, 6.07) is 4.46. The minimum absolute atomic E-state index is 0.234. The highest BCUT2D eigenvalue weighted by molar-refractivity contribution is 14.1. The second-order valence-electron chi connectivity index (χ2n) is 10.3. The molecule has 1 heterocycles. The second-order valence-corrected chi connectivity index (χ2v) is 21.5. The molecule has 0 aliphatic carbocycles. The van der Waals surface area contributed by atoms with Crippen molar-refractivity contribution in [2.24, 2.45) is 0 Å². The van der Waals surface area contributed by atoms with E-state index in [1.165, 1.54) is 16.1 Å². The molecule has 1 amide bonds. The third-order valence-electron chi connectivity index (χ3n) is 6.30. The summed E-state index contributed by atoms with van der Waals surface area (Å²) in [6.45, 7) is 24.2. The molecule has 2 aromatic rings. The van der Waals surface area contributed by atoms with Crippen molar-refractivity contribution in [3.05, 3.63) is 21.9 Å². The number of rotatable bonds is 5. The van der Waals surface area contributed by atoms with Crippen molar-refractivity contribution in [2.75, 3.05) is 13.1 Å². The molecule has 0 fully saturated rings. The van der Waals surface area contributed by atoms with Gasteiger partial charge < -0.3 is 13.9 Å². The van der Waals surface area contributed by atoms with Crippen LogP contribution < -0.4 is 9.92 Å². The summed E-state index contributed by atoms with van der Waals surface area (Å²) in [6.07, 6.45) is 2.01. The summed E-state index contributed by atoms with van der Waals surface area (Å²) in [5.41, 5.74) is 1.28. The van der Waals surface area contributed by atoms with Crippen LogP contribution in [0.4, 0.5) is 4.79 Å². The molecule has 0 radical (unpaired) electrons. The van der Waals surface area contributed by atoms with E-state index in [1.807, 2.05) is 13.8 Å². The number of fused-ring (bicyclic) bond motifs is 1. The van der Waals surface area contributed by atoms with Gasteiger partial charge in [0, 0.05) is 24.0 Å². The van der Waals surface area contributed by atoms with Gasteiger partial charge in [0.05, 0.1) is 11.6 Å². The zero-order valence-corrected chi connectivity index (χ0v) is 23.9. The fourth-order valence-electron chi connectivity index (χ4n) is 3.56. The van der Waals surface area contributed by atoms with Crippen molar-refractivity contribution in [3.63, 3.8) is 0 Å². The predicted octanol–water partition coefficient (Wildman–Crippen LogP) is 6.49. The summed E-state index contributed by atoms with van der Waals surface area (Å²) >= 11 is 2.35. The lowest BCUT2D eigenvalue weighted by molar-refractivity contribution is 0.157. The number of carbonyl (C=O) groups is 1. The quantitative estimate of drug-likeness (QED) is 0.319. The molecule has 0 saturated heterocycles. The van der Waals surface area contributed by atoms with Crippen LogP contribution in [0.1, 0.15) is 34.6 Å². The molecule has 0 unspecified atom stereocenters. The molecule has 1 aromatic heterocycles. The Kier molecular flexibility index (Phi) is 7.07. The topological polar surface area (TPSA) is 34.5 Å². The Bertz CT molecular complexity index is 904. The molecule has 1 aromatic carbocycles. The van der Waals surface area contributed by atoms with Crippen LogP contribution in [-0.4, -0.2) is 44.6 Å². The van der Waals surface area contributed by atoms with Crippen molar-refractivity contribution >= 4 is 61.1 Å². The molecular weight excluding hydrogens is 507 g/mol. The molecule has 162 valence electrons. The van der Waals surface area contributed by atoms with Crippen LogP contribution in [0.25, 0.3) is 10.9 Å². The lowest BCUT2D eigenvalue weighted by atomic mass is 10.2. The number of hydrogen-bond donors (Lipinski definition) is 0. The van der Waals surface area contributed by atoms with Gasteiger partial charge in [-0.25, -0.2) is 4.79 Å². The summed E-state index contributed by atoms with van der Waals surface area (Å²) in [5.74, 6) is 0.766. The molecule has 0 spiro atoms. The summed E-state index contributed by atoms with van der Waals surface area (Å²) < 4.78 is 9.59. The highest BCUT2D eigenvalue weighted by Crippen LogP contribution is 2.40. The van der Waals surface area contributed by atoms with Gasteiger partial charge in [-0.2, -0.15) is 0 Å². The summed E-state index contributed by atoms with van der Waals surface area (Å²) in [4.78, 5) is 14.5. The third-order valence-corrected chi connectivity index (χ3v) is 14.4. The maximum absolute atomic E-state index is 12.8. The van der Waals surface area contributed by atoms with Gasteiger partial charge in [0.25, 0.3) is 0 Å². The van der Waals surface area contributed by atoms with Gasteiger partial charge in [0.2, 0.25) is 0 Å². The highest BCUT2D eigenvalue weighted by Gasteiger charge is 2.39. The van der Waals surface area contributed by atoms with Crippen LogP contribution in [0.2, 0.25) is 37.8 Å². The van der Waals surface area contributed by atoms with Crippen LogP contribution >= 0.6 is 22.6 Å². The van der Waals surface area contributed by atoms with E-state index < -0.39 is 16.3 Å². The van der Waals surface area contributed by atoms with E-state index in [0.29, 0.717) is 13.1 Å². The Morgan fingerprint density at radius 3 is 2.14 bits per heavy atom. The minimum atomic E-state index is -1.79. The van der Waals surface area contributed by atoms with Crippen molar-refractivity contribution in [3.8, 4) is 5.75 Å². The molecule has 0 atom stereocenters. The molecule has 0 bridgehead atoms. The number of amides is 1. The van der Waals surface area contributed by atoms with E-state index in [4.69, 9.17) is 4.74 Å². The van der Waals surface area contributed by atoms with Crippen LogP contribution in [0.5, 0.6) is 5.75 Å². The maximum Gasteiger partial charge on any atom is 0.415 e. The lowest BCUT2D eigenvalue weighted by Crippen LogP contribution is -2.45. The first kappa shape index (κ1) is 24.5. The lowest BCUT2D eigenvalue weighted by Gasteiger charge is -2.38. The van der Waals surface area contributed by atoms with Gasteiger partial charge in [0.1, 0.15) is 5.75 Å². The Labute approximate surface area is 192 Å². The number of aromatic nitrogens is 1. The summed E-state index contributed by atoms with van der Waals surface area (Å²) in [7, 11) is -3.55. The number of benzene rings is 1. The van der Waals surface area contributed by atoms with Crippen LogP contribution in [0.3, 0.4) is 0 Å². The first-order valence-electron chi connectivity index (χ1n) is 10.5. The molecule has 0 saturated carbocycles. The SMILES string of the molecule is CCN(CC)C(=O)Oc1c(I)cc2c(ccn2[Si](C)(C)C(C)(C)C)c1[Si](C)(C)C. The molecule has 0 N–H and O–H groups in total. The maximum atomic E-state index is 12.8. The monoisotopic (exact) mass is 544 g/mol. The highest BCUT2D eigenvalue weighted by atomic mass is 127. The standard InChI is InChI=1S/C22H37IN2O2Si2/c1-11-24(12-2)21(26)27-19-17(23)15-18-16(20(19)28(6,7)8)13-14-25(18)29(9,10)22(3,4)5/h13-15H,11-12H2,1-10H3. The predicted molar refractivity (Wildman–Crippen MR) is 139 cm³/mol. The molecule has 2 rings (SSSR count). The fourth-order valence-corrected chi connectivity index (χ4v) is 8.33. The van der Waals surface area contributed by atoms with Crippen molar-refractivity contribution in [1.82, 2.24) is 9.13 Å². The fraction of sp³-hybridized carbons (Fsp3) is 0.591. The van der Waals surface area contributed by atoms with E-state index in [-0.39, 0.29) is 11.1 Å². The Morgan fingerprint density at radius 1 is 1.14 bits per heavy atom. The van der Waals surface area contributed by atoms with Crippen molar-refractivity contribution < 1.29 is 9.53 Å². The van der Waals surface area contributed by atoms with Gasteiger partial charge in [0.15, 0.2) is 8.24 Å². The number of halogens is 1. The zero-order chi connectivity index (χ0) is 22.4. The Hall–Kier alpha value is -0.806. The van der Waals surface area contributed by atoms with E-state index in [0.717, 1.165) is 9.32 Å². The number of hydrogen-bond acceptors (Lipinski definition) is 2. The molecule has 7 heteroatoms. The van der Waals surface area contributed by atoms with E-state index in [9.17, 15) is 4.79 Å². The van der Waals surface area contributed by atoms with Gasteiger partial charge in [-0.1, -0.05) is 53.5 Å². The van der Waals surface area contributed by atoms with Gasteiger partial charge in [-0.3, -0.25) is 0 Å². The first-order valence-corrected chi connectivity index (χ1v) is 18.0. The molecule has 4 nitrogen and oxygen atoms in total. The van der Waals surface area contributed by atoms with Crippen LogP contribution in [-0.2, 0) is 0 Å².